The highest BCUT2D eigenvalue weighted by molar-refractivity contribution is 5.98. The standard InChI is InChI=1S/C15H25N3O2/c1-11(2)18-13-12(7-6-9-16-13)14(19)17-10-8-15(3,4)20-5/h6-7,9,11H,8,10H2,1-5H3,(H,16,18)(H,17,19). The lowest BCUT2D eigenvalue weighted by Gasteiger charge is -2.22. The van der Waals surface area contributed by atoms with E-state index in [1.54, 1.807) is 25.4 Å². The van der Waals surface area contributed by atoms with Crippen LogP contribution in [-0.2, 0) is 4.74 Å². The number of nitrogens with one attached hydrogen (secondary N) is 2. The molecule has 1 aromatic heterocycles. The van der Waals surface area contributed by atoms with Crippen LogP contribution in [0.2, 0.25) is 0 Å². The van der Waals surface area contributed by atoms with Crippen molar-refractivity contribution < 1.29 is 9.53 Å². The number of hydrogen-bond donors (Lipinski definition) is 2. The molecule has 0 aliphatic rings. The Labute approximate surface area is 121 Å². The zero-order chi connectivity index (χ0) is 15.2. The minimum atomic E-state index is -0.235. The van der Waals surface area contributed by atoms with Crippen molar-refractivity contribution >= 4 is 11.7 Å². The maximum absolute atomic E-state index is 12.2. The van der Waals surface area contributed by atoms with Crippen LogP contribution in [0, 0.1) is 0 Å². The number of ether oxygens (including phenoxy) is 1. The van der Waals surface area contributed by atoms with Crippen molar-refractivity contribution in [3.8, 4) is 0 Å². The number of aromatic nitrogens is 1. The van der Waals surface area contributed by atoms with Gasteiger partial charge in [0.25, 0.3) is 5.91 Å². The molecule has 20 heavy (non-hydrogen) atoms. The fraction of sp³-hybridized carbons (Fsp3) is 0.600. The van der Waals surface area contributed by atoms with E-state index in [9.17, 15) is 4.79 Å². The van der Waals surface area contributed by atoms with E-state index in [2.05, 4.69) is 15.6 Å². The molecule has 112 valence electrons. The van der Waals surface area contributed by atoms with Crippen LogP contribution in [-0.4, -0.2) is 36.2 Å². The van der Waals surface area contributed by atoms with E-state index in [0.29, 0.717) is 17.9 Å². The molecule has 0 unspecified atom stereocenters. The molecule has 0 saturated carbocycles. The van der Waals surface area contributed by atoms with E-state index in [4.69, 9.17) is 4.74 Å². The Bertz CT molecular complexity index is 444. The summed E-state index contributed by atoms with van der Waals surface area (Å²) >= 11 is 0. The van der Waals surface area contributed by atoms with Crippen LogP contribution in [0.25, 0.3) is 0 Å². The molecular weight excluding hydrogens is 254 g/mol. The zero-order valence-corrected chi connectivity index (χ0v) is 13.0. The maximum Gasteiger partial charge on any atom is 0.255 e. The molecule has 0 atom stereocenters. The van der Waals surface area contributed by atoms with E-state index in [0.717, 1.165) is 6.42 Å². The van der Waals surface area contributed by atoms with Gasteiger partial charge in [0, 0.05) is 25.9 Å². The molecular formula is C15H25N3O2. The van der Waals surface area contributed by atoms with Gasteiger partial charge in [-0.15, -0.1) is 0 Å². The van der Waals surface area contributed by atoms with Crippen molar-refractivity contribution in [3.63, 3.8) is 0 Å². The molecule has 0 aliphatic carbocycles. The minimum absolute atomic E-state index is 0.117. The Morgan fingerprint density at radius 2 is 2.15 bits per heavy atom. The van der Waals surface area contributed by atoms with Crippen molar-refractivity contribution in [1.29, 1.82) is 0 Å². The second kappa shape index (κ2) is 7.24. The SMILES string of the molecule is COC(C)(C)CCNC(=O)c1cccnc1NC(C)C. The molecule has 5 heteroatoms. The number of amides is 1. The molecule has 0 aromatic carbocycles. The highest BCUT2D eigenvalue weighted by atomic mass is 16.5. The van der Waals surface area contributed by atoms with Gasteiger partial charge in [0.2, 0.25) is 0 Å². The molecule has 1 amide bonds. The first kappa shape index (κ1) is 16.4. The van der Waals surface area contributed by atoms with E-state index in [-0.39, 0.29) is 17.6 Å². The molecule has 1 rings (SSSR count). The van der Waals surface area contributed by atoms with Crippen LogP contribution >= 0.6 is 0 Å². The second-order valence-corrected chi connectivity index (χ2v) is 5.67. The van der Waals surface area contributed by atoms with E-state index < -0.39 is 0 Å². The number of hydrogen-bond acceptors (Lipinski definition) is 4. The zero-order valence-electron chi connectivity index (χ0n) is 13.0. The molecule has 0 bridgehead atoms. The van der Waals surface area contributed by atoms with Gasteiger partial charge in [0.1, 0.15) is 5.82 Å². The third-order valence-corrected chi connectivity index (χ3v) is 3.04. The summed E-state index contributed by atoms with van der Waals surface area (Å²) in [6.45, 7) is 8.58. The van der Waals surface area contributed by atoms with Gasteiger partial charge in [-0.2, -0.15) is 0 Å². The summed E-state index contributed by atoms with van der Waals surface area (Å²) in [7, 11) is 1.67. The lowest BCUT2D eigenvalue weighted by atomic mass is 10.1. The highest BCUT2D eigenvalue weighted by Gasteiger charge is 2.17. The fourth-order valence-electron chi connectivity index (χ4n) is 1.65. The predicted octanol–water partition coefficient (Wildman–Crippen LogP) is 2.45. The number of rotatable bonds is 7. The number of nitrogens with zero attached hydrogens (tertiary/aromatic N) is 1. The first-order chi connectivity index (χ1) is 9.35. The van der Waals surface area contributed by atoms with Crippen LogP contribution in [0.1, 0.15) is 44.5 Å². The van der Waals surface area contributed by atoms with Crippen molar-refractivity contribution in [2.75, 3.05) is 19.0 Å². The lowest BCUT2D eigenvalue weighted by Crippen LogP contribution is -2.32. The Morgan fingerprint density at radius 1 is 1.45 bits per heavy atom. The number of anilines is 1. The van der Waals surface area contributed by atoms with E-state index >= 15 is 0 Å². The van der Waals surface area contributed by atoms with Gasteiger partial charge in [-0.25, -0.2) is 4.98 Å². The van der Waals surface area contributed by atoms with Gasteiger partial charge in [-0.05, 0) is 46.2 Å². The largest absolute Gasteiger partial charge is 0.379 e. The number of carbonyl (C=O) groups excluding carboxylic acids is 1. The molecule has 0 spiro atoms. The van der Waals surface area contributed by atoms with Crippen LogP contribution in [0.5, 0.6) is 0 Å². The van der Waals surface area contributed by atoms with Gasteiger partial charge in [0.15, 0.2) is 0 Å². The molecule has 0 fully saturated rings. The van der Waals surface area contributed by atoms with Crippen LogP contribution in [0.3, 0.4) is 0 Å². The van der Waals surface area contributed by atoms with Crippen LogP contribution in [0.15, 0.2) is 18.3 Å². The van der Waals surface area contributed by atoms with Crippen molar-refractivity contribution in [3.05, 3.63) is 23.9 Å². The monoisotopic (exact) mass is 279 g/mol. The third kappa shape index (κ3) is 5.17. The summed E-state index contributed by atoms with van der Waals surface area (Å²) in [5.41, 5.74) is 0.331. The number of methoxy groups -OCH3 is 1. The summed E-state index contributed by atoms with van der Waals surface area (Å²) < 4.78 is 5.33. The van der Waals surface area contributed by atoms with Gasteiger partial charge < -0.3 is 15.4 Å². The van der Waals surface area contributed by atoms with Crippen molar-refractivity contribution in [2.45, 2.75) is 45.8 Å². The lowest BCUT2D eigenvalue weighted by molar-refractivity contribution is 0.0160. The molecule has 0 saturated heterocycles. The van der Waals surface area contributed by atoms with Gasteiger partial charge in [-0.3, -0.25) is 4.79 Å². The fourth-order valence-corrected chi connectivity index (χ4v) is 1.65. The Hall–Kier alpha value is -1.62. The third-order valence-electron chi connectivity index (χ3n) is 3.04. The van der Waals surface area contributed by atoms with Gasteiger partial charge >= 0.3 is 0 Å². The second-order valence-electron chi connectivity index (χ2n) is 5.67. The summed E-state index contributed by atoms with van der Waals surface area (Å²) in [6, 6.07) is 3.76. The topological polar surface area (TPSA) is 63.2 Å². The normalized spacial score (nSPS) is 11.5. The van der Waals surface area contributed by atoms with Crippen molar-refractivity contribution in [1.82, 2.24) is 10.3 Å². The van der Waals surface area contributed by atoms with E-state index in [1.807, 2.05) is 27.7 Å². The van der Waals surface area contributed by atoms with Gasteiger partial charge in [0.05, 0.1) is 11.2 Å². The maximum atomic E-state index is 12.2. The van der Waals surface area contributed by atoms with Crippen LogP contribution < -0.4 is 10.6 Å². The average Bonchev–Trinajstić information content (AvgIpc) is 2.38. The summed E-state index contributed by atoms with van der Waals surface area (Å²) in [5.74, 6) is 0.499. The predicted molar refractivity (Wildman–Crippen MR) is 81.0 cm³/mol. The molecule has 0 aliphatic heterocycles. The molecule has 2 N–H and O–H groups in total. The average molecular weight is 279 g/mol. The summed E-state index contributed by atoms with van der Waals surface area (Å²) in [4.78, 5) is 16.4. The Balaban J connectivity index is 2.64. The minimum Gasteiger partial charge on any atom is -0.379 e. The Morgan fingerprint density at radius 3 is 2.75 bits per heavy atom. The van der Waals surface area contributed by atoms with Crippen LogP contribution in [0.4, 0.5) is 5.82 Å². The molecule has 1 aromatic rings. The summed E-state index contributed by atoms with van der Waals surface area (Å²) in [5, 5.41) is 6.08. The molecule has 5 nitrogen and oxygen atoms in total. The Kier molecular flexibility index (Phi) is 5.95. The quantitative estimate of drug-likeness (QED) is 0.804. The smallest absolute Gasteiger partial charge is 0.255 e. The highest BCUT2D eigenvalue weighted by Crippen LogP contribution is 2.14. The first-order valence-corrected chi connectivity index (χ1v) is 6.90. The van der Waals surface area contributed by atoms with E-state index in [1.165, 1.54) is 0 Å². The molecule has 0 radical (unpaired) electrons. The molecule has 1 heterocycles. The van der Waals surface area contributed by atoms with Crippen molar-refractivity contribution in [2.24, 2.45) is 0 Å². The number of carbonyl (C=O) groups is 1. The van der Waals surface area contributed by atoms with Gasteiger partial charge in [-0.1, -0.05) is 0 Å². The number of pyridine rings is 1. The first-order valence-electron chi connectivity index (χ1n) is 6.90. The summed E-state index contributed by atoms with van der Waals surface area (Å²) in [6.07, 6.45) is 2.43.